The number of hydrogen-bond acceptors (Lipinski definition) is 3. The molecular weight excluding hydrogens is 539 g/mol. The van der Waals surface area contributed by atoms with Crippen molar-refractivity contribution in [1.82, 2.24) is 4.90 Å². The Labute approximate surface area is 230 Å². The van der Waals surface area contributed by atoms with Crippen molar-refractivity contribution < 1.29 is 40.3 Å². The molecule has 2 atom stereocenters. The molecule has 4 rings (SSSR count). The van der Waals surface area contributed by atoms with E-state index in [1.54, 1.807) is 12.1 Å². The summed E-state index contributed by atoms with van der Waals surface area (Å²) in [6, 6.07) is 8.38. The number of allylic oxidation sites excluding steroid dienone is 2. The Hall–Kier alpha value is -2.88. The number of hydrogen-bond donors (Lipinski definition) is 0. The van der Waals surface area contributed by atoms with Crippen LogP contribution in [-0.2, 0) is 28.5 Å². The van der Waals surface area contributed by atoms with E-state index in [4.69, 9.17) is 0 Å². The molecule has 1 saturated carbocycles. The zero-order chi connectivity index (χ0) is 29.7. The lowest BCUT2D eigenvalue weighted by molar-refractivity contribution is -0.143. The highest BCUT2D eigenvalue weighted by molar-refractivity contribution is 5.97. The Kier molecular flexibility index (Phi) is 10.4. The number of Topliss-reactive ketones (excluding diaryl/α,β-unsaturated/α-hetero) is 1. The molecule has 40 heavy (non-hydrogen) atoms. The van der Waals surface area contributed by atoms with E-state index in [0.717, 1.165) is 25.0 Å². The lowest BCUT2D eigenvalue weighted by Crippen LogP contribution is -2.28. The highest BCUT2D eigenvalue weighted by Crippen LogP contribution is 2.38. The maximum absolute atomic E-state index is 13.1. The Morgan fingerprint density at radius 1 is 0.925 bits per heavy atom. The second-order valence-electron chi connectivity index (χ2n) is 10.5. The van der Waals surface area contributed by atoms with E-state index in [1.807, 2.05) is 19.1 Å². The van der Waals surface area contributed by atoms with Gasteiger partial charge in [-0.3, -0.25) is 4.79 Å². The molecule has 2 aromatic carbocycles. The van der Waals surface area contributed by atoms with E-state index in [1.165, 1.54) is 37.6 Å². The molecular formula is C30H34F7NO2. The quantitative estimate of drug-likeness (QED) is 0.325. The Morgan fingerprint density at radius 2 is 1.52 bits per heavy atom. The zero-order valence-corrected chi connectivity index (χ0v) is 22.8. The molecule has 220 valence electrons. The average molecular weight is 574 g/mol. The SMILES string of the molecule is CC1=C(N(C)CC2CCCC(c3ccc(F)cc3)C2)CCC1=O.COCc1cc(C(F)(F)F)cc(C(F)(F)F)c1. The summed E-state index contributed by atoms with van der Waals surface area (Å²) in [5.41, 5.74) is 0.621. The maximum atomic E-state index is 13.1. The van der Waals surface area contributed by atoms with E-state index >= 15 is 0 Å². The fraction of sp³-hybridized carbons (Fsp3) is 0.500. The first-order valence-corrected chi connectivity index (χ1v) is 13.2. The summed E-state index contributed by atoms with van der Waals surface area (Å²) in [5, 5.41) is 0. The molecule has 2 unspecified atom stereocenters. The second kappa shape index (κ2) is 13.2. The number of benzene rings is 2. The smallest absolute Gasteiger partial charge is 0.380 e. The molecule has 0 amide bonds. The molecule has 0 saturated heterocycles. The van der Waals surface area contributed by atoms with Crippen molar-refractivity contribution in [2.24, 2.45) is 5.92 Å². The van der Waals surface area contributed by atoms with Crippen LogP contribution < -0.4 is 0 Å². The van der Waals surface area contributed by atoms with Crippen LogP contribution >= 0.6 is 0 Å². The first-order valence-electron chi connectivity index (χ1n) is 13.2. The Balaban J connectivity index is 0.000000232. The molecule has 10 heteroatoms. The number of ether oxygens (including phenoxy) is 1. The van der Waals surface area contributed by atoms with Crippen molar-refractivity contribution >= 4 is 5.78 Å². The van der Waals surface area contributed by atoms with Gasteiger partial charge in [-0.25, -0.2) is 4.39 Å². The summed E-state index contributed by atoms with van der Waals surface area (Å²) in [6.45, 7) is 2.67. The van der Waals surface area contributed by atoms with Gasteiger partial charge in [-0.1, -0.05) is 18.6 Å². The van der Waals surface area contributed by atoms with Gasteiger partial charge in [0, 0.05) is 38.4 Å². The van der Waals surface area contributed by atoms with Gasteiger partial charge in [-0.2, -0.15) is 26.3 Å². The number of rotatable bonds is 6. The Morgan fingerprint density at radius 3 is 2.02 bits per heavy atom. The molecule has 0 spiro atoms. The third-order valence-corrected chi connectivity index (χ3v) is 7.52. The molecule has 2 aliphatic rings. The summed E-state index contributed by atoms with van der Waals surface area (Å²) < 4.78 is 91.8. The second-order valence-corrected chi connectivity index (χ2v) is 10.5. The van der Waals surface area contributed by atoms with Crippen molar-refractivity contribution in [2.75, 3.05) is 20.7 Å². The van der Waals surface area contributed by atoms with Crippen molar-refractivity contribution in [1.29, 1.82) is 0 Å². The van der Waals surface area contributed by atoms with Gasteiger partial charge in [0.05, 0.1) is 17.7 Å². The van der Waals surface area contributed by atoms with Gasteiger partial charge in [-0.15, -0.1) is 0 Å². The van der Waals surface area contributed by atoms with E-state index in [2.05, 4.69) is 16.7 Å². The number of ketones is 1. The molecule has 0 aliphatic heterocycles. The van der Waals surface area contributed by atoms with Crippen molar-refractivity contribution in [3.8, 4) is 0 Å². The average Bonchev–Trinajstić information content (AvgIpc) is 3.22. The number of halogens is 7. The van der Waals surface area contributed by atoms with E-state index in [-0.39, 0.29) is 24.1 Å². The van der Waals surface area contributed by atoms with Crippen LogP contribution in [0.1, 0.15) is 73.6 Å². The number of alkyl halides is 6. The van der Waals surface area contributed by atoms with Gasteiger partial charge in [0.25, 0.3) is 0 Å². The van der Waals surface area contributed by atoms with Crippen LogP contribution in [0.5, 0.6) is 0 Å². The lowest BCUT2D eigenvalue weighted by atomic mass is 9.78. The van der Waals surface area contributed by atoms with Crippen LogP contribution in [-0.4, -0.2) is 31.4 Å². The number of methoxy groups -OCH3 is 1. The van der Waals surface area contributed by atoms with Gasteiger partial charge in [-0.05, 0) is 85.9 Å². The molecule has 1 fully saturated rings. The van der Waals surface area contributed by atoms with Crippen molar-refractivity contribution in [2.45, 2.75) is 70.3 Å². The first kappa shape index (κ1) is 31.6. The minimum atomic E-state index is -4.82. The van der Waals surface area contributed by atoms with Gasteiger partial charge >= 0.3 is 12.4 Å². The van der Waals surface area contributed by atoms with Gasteiger partial charge in [0.15, 0.2) is 5.78 Å². The van der Waals surface area contributed by atoms with Crippen molar-refractivity contribution in [3.63, 3.8) is 0 Å². The third kappa shape index (κ3) is 8.56. The minimum Gasteiger partial charge on any atom is -0.380 e. The summed E-state index contributed by atoms with van der Waals surface area (Å²) >= 11 is 0. The first-order chi connectivity index (χ1) is 18.7. The van der Waals surface area contributed by atoms with E-state index < -0.39 is 23.5 Å². The fourth-order valence-electron chi connectivity index (χ4n) is 5.51. The topological polar surface area (TPSA) is 29.5 Å². The molecule has 2 aromatic rings. The minimum absolute atomic E-state index is 0.0825. The molecule has 2 aliphatic carbocycles. The van der Waals surface area contributed by atoms with Crippen LogP contribution in [0.2, 0.25) is 0 Å². The largest absolute Gasteiger partial charge is 0.416 e. The normalized spacial score (nSPS) is 19.9. The Bertz CT molecular complexity index is 1150. The van der Waals surface area contributed by atoms with Gasteiger partial charge in [0.1, 0.15) is 5.82 Å². The predicted octanol–water partition coefficient (Wildman–Crippen LogP) is 8.54. The van der Waals surface area contributed by atoms with Crippen LogP contribution in [0.15, 0.2) is 53.7 Å². The summed E-state index contributed by atoms with van der Waals surface area (Å²) in [5.74, 6) is 1.34. The van der Waals surface area contributed by atoms with Crippen molar-refractivity contribution in [3.05, 3.63) is 81.8 Å². The maximum Gasteiger partial charge on any atom is 0.416 e. The fourth-order valence-corrected chi connectivity index (χ4v) is 5.51. The standard InChI is InChI=1S/C20H26FNO.C10H8F6O/c1-14-19(10-11-20(14)23)22(2)13-15-4-3-5-17(12-15)16-6-8-18(21)9-7-16;1-17-5-6-2-7(9(11,12)13)4-8(3-6)10(14,15)16/h6-9,15,17H,3-5,10-13H2,1-2H3;2-4H,5H2,1H3. The molecule has 0 radical (unpaired) electrons. The number of carbonyl (C=O) groups is 1. The highest BCUT2D eigenvalue weighted by Gasteiger charge is 2.36. The van der Waals surface area contributed by atoms with Crippen LogP contribution in [0.25, 0.3) is 0 Å². The number of nitrogens with zero attached hydrogens (tertiary/aromatic N) is 1. The van der Waals surface area contributed by atoms with Crippen LogP contribution in [0.4, 0.5) is 30.7 Å². The van der Waals surface area contributed by atoms with Gasteiger partial charge < -0.3 is 9.64 Å². The zero-order valence-electron chi connectivity index (χ0n) is 22.8. The molecule has 0 heterocycles. The van der Waals surface area contributed by atoms with Gasteiger partial charge in [0.2, 0.25) is 0 Å². The molecule has 3 nitrogen and oxygen atoms in total. The molecule has 0 aromatic heterocycles. The summed E-state index contributed by atoms with van der Waals surface area (Å²) in [4.78, 5) is 14.0. The number of carbonyl (C=O) groups excluding carboxylic acids is 1. The van der Waals surface area contributed by atoms with Crippen LogP contribution in [0, 0.1) is 11.7 Å². The van der Waals surface area contributed by atoms with Crippen LogP contribution in [0.3, 0.4) is 0 Å². The lowest BCUT2D eigenvalue weighted by Gasteiger charge is -2.33. The third-order valence-electron chi connectivity index (χ3n) is 7.52. The molecule has 0 N–H and O–H groups in total. The van der Waals surface area contributed by atoms with E-state index in [0.29, 0.717) is 36.2 Å². The summed E-state index contributed by atoms with van der Waals surface area (Å²) in [6.07, 6.45) is -3.21. The monoisotopic (exact) mass is 573 g/mol. The predicted molar refractivity (Wildman–Crippen MR) is 138 cm³/mol. The van der Waals surface area contributed by atoms with E-state index in [9.17, 15) is 35.5 Å². The molecule has 0 bridgehead atoms. The summed E-state index contributed by atoms with van der Waals surface area (Å²) in [7, 11) is 3.31. The highest BCUT2D eigenvalue weighted by atomic mass is 19.4.